The SMILES string of the molecule is CCCCCCCCCCCCCCCCCCCC#CC#CCCCCCCCCCCCCCCC(C1CCC1)P(=O)(O)O. The molecule has 1 unspecified atom stereocenters. The molecule has 1 rings (SSSR count). The van der Waals surface area contributed by atoms with E-state index >= 15 is 0 Å². The van der Waals surface area contributed by atoms with Crippen molar-refractivity contribution in [1.82, 2.24) is 0 Å². The minimum absolute atomic E-state index is 0.279. The minimum Gasteiger partial charge on any atom is -0.324 e. The summed E-state index contributed by atoms with van der Waals surface area (Å²) in [6, 6.07) is 0. The van der Waals surface area contributed by atoms with E-state index in [1.807, 2.05) is 0 Å². The Morgan fingerprint density at radius 1 is 0.500 bits per heavy atom. The summed E-state index contributed by atoms with van der Waals surface area (Å²) in [5.41, 5.74) is -0.366. The summed E-state index contributed by atoms with van der Waals surface area (Å²) in [4.78, 5) is 19.3. The summed E-state index contributed by atoms with van der Waals surface area (Å²) in [6.07, 6.45) is 45.0. The van der Waals surface area contributed by atoms with E-state index in [2.05, 4.69) is 30.6 Å². The van der Waals surface area contributed by atoms with Crippen molar-refractivity contribution < 1.29 is 14.4 Å². The lowest BCUT2D eigenvalue weighted by Gasteiger charge is -2.34. The second-order valence-electron chi connectivity index (χ2n) is 14.6. The predicted octanol–water partition coefficient (Wildman–Crippen LogP) is 13.8. The van der Waals surface area contributed by atoms with Gasteiger partial charge in [0.2, 0.25) is 0 Å². The normalized spacial score (nSPS) is 13.9. The second kappa shape index (κ2) is 32.8. The first-order valence-electron chi connectivity index (χ1n) is 20.6. The Morgan fingerprint density at radius 2 is 0.804 bits per heavy atom. The Bertz CT molecular complexity index is 821. The highest BCUT2D eigenvalue weighted by molar-refractivity contribution is 7.52. The van der Waals surface area contributed by atoms with E-state index in [0.717, 1.165) is 44.9 Å². The van der Waals surface area contributed by atoms with Gasteiger partial charge < -0.3 is 9.79 Å². The van der Waals surface area contributed by atoms with Gasteiger partial charge >= 0.3 is 7.60 Å². The van der Waals surface area contributed by atoms with Gasteiger partial charge in [-0.2, -0.15) is 0 Å². The summed E-state index contributed by atoms with van der Waals surface area (Å²) in [7, 11) is -3.91. The molecule has 0 aromatic carbocycles. The molecule has 0 saturated heterocycles. The Morgan fingerprint density at radius 3 is 1.09 bits per heavy atom. The van der Waals surface area contributed by atoms with Crippen LogP contribution in [0.5, 0.6) is 0 Å². The third-order valence-electron chi connectivity index (χ3n) is 10.3. The van der Waals surface area contributed by atoms with Crippen molar-refractivity contribution in [3.8, 4) is 23.7 Å². The van der Waals surface area contributed by atoms with E-state index in [0.29, 0.717) is 6.42 Å². The molecular weight excluding hydrogens is 583 g/mol. The number of rotatable bonds is 33. The fourth-order valence-electron chi connectivity index (χ4n) is 6.99. The summed E-state index contributed by atoms with van der Waals surface area (Å²) in [5, 5.41) is 0. The van der Waals surface area contributed by atoms with Gasteiger partial charge in [-0.15, -0.1) is 0 Å². The van der Waals surface area contributed by atoms with Crippen LogP contribution in [0.15, 0.2) is 0 Å². The fraction of sp³-hybridized carbons (Fsp3) is 0.905. The van der Waals surface area contributed by atoms with Gasteiger partial charge in [0.15, 0.2) is 0 Å². The minimum atomic E-state index is -3.91. The molecule has 0 spiro atoms. The van der Waals surface area contributed by atoms with Crippen molar-refractivity contribution in [2.45, 2.75) is 237 Å². The Kier molecular flexibility index (Phi) is 30.9. The molecule has 1 aliphatic rings. The van der Waals surface area contributed by atoms with E-state index in [1.165, 1.54) is 173 Å². The molecule has 268 valence electrons. The maximum atomic E-state index is 11.8. The van der Waals surface area contributed by atoms with Gasteiger partial charge in [-0.3, -0.25) is 4.57 Å². The largest absolute Gasteiger partial charge is 0.328 e. The van der Waals surface area contributed by atoms with E-state index in [-0.39, 0.29) is 11.6 Å². The molecule has 0 aliphatic heterocycles. The predicted molar refractivity (Wildman–Crippen MR) is 202 cm³/mol. The zero-order valence-electron chi connectivity index (χ0n) is 30.7. The zero-order valence-corrected chi connectivity index (χ0v) is 31.5. The van der Waals surface area contributed by atoms with Crippen molar-refractivity contribution in [3.05, 3.63) is 0 Å². The van der Waals surface area contributed by atoms with E-state index in [9.17, 15) is 14.4 Å². The average molecular weight is 661 g/mol. The van der Waals surface area contributed by atoms with Crippen LogP contribution in [0.3, 0.4) is 0 Å². The van der Waals surface area contributed by atoms with Gasteiger partial charge in [0.05, 0.1) is 5.66 Å². The molecule has 2 N–H and O–H groups in total. The molecule has 0 heterocycles. The number of unbranched alkanes of at least 4 members (excludes halogenated alkanes) is 29. The molecule has 1 aliphatic carbocycles. The van der Waals surface area contributed by atoms with Crippen molar-refractivity contribution in [2.24, 2.45) is 5.92 Å². The van der Waals surface area contributed by atoms with Gasteiger partial charge in [0.1, 0.15) is 0 Å². The Hall–Kier alpha value is -0.730. The van der Waals surface area contributed by atoms with Crippen LogP contribution in [0.25, 0.3) is 0 Å². The fourth-order valence-corrected chi connectivity index (χ4v) is 8.36. The van der Waals surface area contributed by atoms with Crippen molar-refractivity contribution in [3.63, 3.8) is 0 Å². The maximum absolute atomic E-state index is 11.8. The third-order valence-corrected chi connectivity index (χ3v) is 11.9. The maximum Gasteiger partial charge on any atom is 0.328 e. The smallest absolute Gasteiger partial charge is 0.324 e. The summed E-state index contributed by atoms with van der Waals surface area (Å²) >= 11 is 0. The van der Waals surface area contributed by atoms with Crippen LogP contribution in [0, 0.1) is 29.6 Å². The van der Waals surface area contributed by atoms with Crippen molar-refractivity contribution in [2.75, 3.05) is 0 Å². The molecule has 1 atom stereocenters. The van der Waals surface area contributed by atoms with Gasteiger partial charge in [-0.05, 0) is 49.9 Å². The lowest BCUT2D eigenvalue weighted by atomic mass is 9.81. The number of hydrogen-bond donors (Lipinski definition) is 2. The van der Waals surface area contributed by atoms with E-state index < -0.39 is 7.60 Å². The van der Waals surface area contributed by atoms with Crippen LogP contribution in [-0.4, -0.2) is 15.4 Å². The molecule has 0 radical (unpaired) electrons. The molecular formula is C42H77O3P. The molecule has 0 bridgehead atoms. The van der Waals surface area contributed by atoms with Gasteiger partial charge in [-0.1, -0.05) is 199 Å². The summed E-state index contributed by atoms with van der Waals surface area (Å²) in [6.45, 7) is 2.29. The van der Waals surface area contributed by atoms with Gasteiger partial charge in [-0.25, -0.2) is 0 Å². The Balaban J connectivity index is 1.74. The highest BCUT2D eigenvalue weighted by atomic mass is 31.2. The topological polar surface area (TPSA) is 57.5 Å². The molecule has 3 nitrogen and oxygen atoms in total. The van der Waals surface area contributed by atoms with Crippen LogP contribution in [-0.2, 0) is 4.57 Å². The highest BCUT2D eigenvalue weighted by Gasteiger charge is 2.38. The monoisotopic (exact) mass is 661 g/mol. The zero-order chi connectivity index (χ0) is 33.2. The lowest BCUT2D eigenvalue weighted by molar-refractivity contribution is 0.251. The first kappa shape index (κ1) is 43.3. The van der Waals surface area contributed by atoms with Crippen molar-refractivity contribution in [1.29, 1.82) is 0 Å². The van der Waals surface area contributed by atoms with E-state index in [4.69, 9.17) is 0 Å². The average Bonchev–Trinajstić information content (AvgIpc) is 3.01. The van der Waals surface area contributed by atoms with Crippen molar-refractivity contribution >= 4 is 7.60 Å². The van der Waals surface area contributed by atoms with Crippen LogP contribution in [0.1, 0.15) is 232 Å². The molecule has 0 aromatic heterocycles. The molecule has 0 amide bonds. The molecule has 0 aromatic rings. The van der Waals surface area contributed by atoms with Gasteiger partial charge in [0, 0.05) is 12.8 Å². The Labute approximate surface area is 288 Å². The van der Waals surface area contributed by atoms with Crippen LogP contribution in [0.2, 0.25) is 0 Å². The summed E-state index contributed by atoms with van der Waals surface area (Å²) < 4.78 is 11.8. The second-order valence-corrected chi connectivity index (χ2v) is 16.5. The first-order valence-corrected chi connectivity index (χ1v) is 22.2. The molecule has 46 heavy (non-hydrogen) atoms. The number of hydrogen-bond acceptors (Lipinski definition) is 1. The van der Waals surface area contributed by atoms with Crippen LogP contribution < -0.4 is 0 Å². The summed E-state index contributed by atoms with van der Waals surface area (Å²) in [5.74, 6) is 12.9. The quantitative estimate of drug-likeness (QED) is 0.0418. The highest BCUT2D eigenvalue weighted by Crippen LogP contribution is 2.52. The van der Waals surface area contributed by atoms with Crippen LogP contribution >= 0.6 is 7.60 Å². The van der Waals surface area contributed by atoms with E-state index in [1.54, 1.807) is 0 Å². The lowest BCUT2D eigenvalue weighted by Crippen LogP contribution is -2.27. The molecule has 1 fully saturated rings. The molecule has 1 saturated carbocycles. The van der Waals surface area contributed by atoms with Gasteiger partial charge in [0.25, 0.3) is 0 Å². The standard InChI is InChI=1S/C42H77O3P/c1-2-3-4-5-6-7-8-9-10-11-12-13-14-15-16-17-18-19-20-21-22-23-24-25-26-27-28-29-30-31-32-33-34-35-36-40-42(46(43,44)45)41-38-37-39-41/h41-42H,2-19,24-40H2,1H3,(H2,43,44,45). The first-order chi connectivity index (χ1) is 22.6. The third kappa shape index (κ3) is 28.3. The molecule has 4 heteroatoms. The van der Waals surface area contributed by atoms with Crippen LogP contribution in [0.4, 0.5) is 0 Å².